The first-order chi connectivity index (χ1) is 15.5. The second-order valence-electron chi connectivity index (χ2n) is 8.29. The van der Waals surface area contributed by atoms with Gasteiger partial charge in [0.05, 0.1) is 11.6 Å². The van der Waals surface area contributed by atoms with Crippen molar-refractivity contribution in [3.63, 3.8) is 0 Å². The molecule has 0 radical (unpaired) electrons. The van der Waals surface area contributed by atoms with E-state index in [2.05, 4.69) is 33.2 Å². The first kappa shape index (κ1) is 21.8. The van der Waals surface area contributed by atoms with Crippen molar-refractivity contribution in [2.75, 3.05) is 30.0 Å². The second-order valence-corrected chi connectivity index (χ2v) is 8.29. The molecule has 1 aliphatic heterocycles. The molecule has 7 heteroatoms. The largest absolute Gasteiger partial charge is 0.381 e. The van der Waals surface area contributed by atoms with Gasteiger partial charge in [0.1, 0.15) is 5.82 Å². The zero-order chi connectivity index (χ0) is 22.7. The Morgan fingerprint density at radius 1 is 1.25 bits per heavy atom. The summed E-state index contributed by atoms with van der Waals surface area (Å²) in [6.07, 6.45) is 3.72. The normalized spacial score (nSPS) is 14.3. The zero-order valence-electron chi connectivity index (χ0n) is 18.9. The van der Waals surface area contributed by atoms with E-state index in [9.17, 15) is 10.1 Å². The molecule has 7 nitrogen and oxygen atoms in total. The van der Waals surface area contributed by atoms with E-state index >= 15 is 0 Å². The monoisotopic (exact) mass is 431 g/mol. The first-order valence-electron chi connectivity index (χ1n) is 11.1. The molecule has 0 saturated carbocycles. The van der Waals surface area contributed by atoms with E-state index in [0.717, 1.165) is 60.3 Å². The van der Waals surface area contributed by atoms with Crippen LogP contribution in [0.5, 0.6) is 0 Å². The lowest BCUT2D eigenvalue weighted by atomic mass is 10.0. The number of rotatable bonds is 6. The first-order valence-corrected chi connectivity index (χ1v) is 11.1. The van der Waals surface area contributed by atoms with Crippen molar-refractivity contribution >= 4 is 22.3 Å². The number of aromatic amines is 1. The number of aromatic nitrogens is 2. The molecule has 1 fully saturated rings. The Balaban J connectivity index is 1.75. The van der Waals surface area contributed by atoms with Crippen molar-refractivity contribution < 1.29 is 4.74 Å². The van der Waals surface area contributed by atoms with Crippen LogP contribution in [-0.4, -0.2) is 35.8 Å². The number of aryl methyl sites for hydroxylation is 2. The molecule has 2 aromatic heterocycles. The van der Waals surface area contributed by atoms with Gasteiger partial charge in [-0.1, -0.05) is 0 Å². The number of anilines is 2. The molecule has 166 valence electrons. The molecular formula is C25H29N5O2. The maximum Gasteiger partial charge on any atom is 0.253 e. The summed E-state index contributed by atoms with van der Waals surface area (Å²) in [5, 5.41) is 15.0. The number of hydrogen-bond donors (Lipinski definition) is 2. The zero-order valence-corrected chi connectivity index (χ0v) is 18.9. The van der Waals surface area contributed by atoms with Gasteiger partial charge in [0.15, 0.2) is 0 Å². The van der Waals surface area contributed by atoms with Gasteiger partial charge in [0, 0.05) is 66.3 Å². The third-order valence-electron chi connectivity index (χ3n) is 6.20. The minimum atomic E-state index is -0.0923. The standard InChI is InChI=1S/C25H29N5O2/c1-4-30(19-6-9-32-10-7-19)23-13-18(14-26)12-21-20(23)5-8-27-24(21)28-15-22-16(2)11-17(3)29-25(22)31/h5,8,11-13,19H,4,6-7,9-10,15H2,1-3H3,(H,27,28)(H,29,31). The molecule has 0 unspecified atom stereocenters. The molecule has 0 amide bonds. The topological polar surface area (TPSA) is 94.0 Å². The summed E-state index contributed by atoms with van der Waals surface area (Å²) in [4.78, 5) is 22.2. The van der Waals surface area contributed by atoms with Crippen LogP contribution in [0, 0.1) is 25.2 Å². The number of benzene rings is 1. The SMILES string of the molecule is CCN(c1cc(C#N)cc2c(NCc3c(C)cc(C)[nH]c3=O)nccc12)C1CCOCC1. The highest BCUT2D eigenvalue weighted by atomic mass is 16.5. The van der Waals surface area contributed by atoms with Gasteiger partial charge in [-0.05, 0) is 63.4 Å². The van der Waals surface area contributed by atoms with E-state index in [4.69, 9.17) is 4.74 Å². The lowest BCUT2D eigenvalue weighted by Gasteiger charge is -2.36. The van der Waals surface area contributed by atoms with Gasteiger partial charge >= 0.3 is 0 Å². The average Bonchev–Trinajstić information content (AvgIpc) is 2.79. The summed E-state index contributed by atoms with van der Waals surface area (Å²) >= 11 is 0. The molecule has 3 heterocycles. The quantitative estimate of drug-likeness (QED) is 0.612. The van der Waals surface area contributed by atoms with Crippen LogP contribution in [0.1, 0.15) is 42.1 Å². The minimum absolute atomic E-state index is 0.0923. The third kappa shape index (κ3) is 4.32. The van der Waals surface area contributed by atoms with Crippen molar-refractivity contribution in [1.29, 1.82) is 5.26 Å². The van der Waals surface area contributed by atoms with Crippen LogP contribution >= 0.6 is 0 Å². The highest BCUT2D eigenvalue weighted by Gasteiger charge is 2.23. The van der Waals surface area contributed by atoms with E-state index in [-0.39, 0.29) is 5.56 Å². The van der Waals surface area contributed by atoms with Gasteiger partial charge in [-0.25, -0.2) is 4.98 Å². The lowest BCUT2D eigenvalue weighted by molar-refractivity contribution is 0.0847. The van der Waals surface area contributed by atoms with Crippen molar-refractivity contribution in [1.82, 2.24) is 9.97 Å². The fourth-order valence-corrected chi connectivity index (χ4v) is 4.60. The number of ether oxygens (including phenoxy) is 1. The Morgan fingerprint density at radius 2 is 2.03 bits per heavy atom. The van der Waals surface area contributed by atoms with Crippen LogP contribution in [-0.2, 0) is 11.3 Å². The molecule has 4 rings (SSSR count). The van der Waals surface area contributed by atoms with Crippen LogP contribution in [0.3, 0.4) is 0 Å². The van der Waals surface area contributed by atoms with Gasteiger partial charge < -0.3 is 19.9 Å². The Morgan fingerprint density at radius 3 is 2.72 bits per heavy atom. The lowest BCUT2D eigenvalue weighted by Crippen LogP contribution is -2.39. The molecule has 1 aromatic carbocycles. The van der Waals surface area contributed by atoms with Gasteiger partial charge in [0.25, 0.3) is 5.56 Å². The molecule has 3 aromatic rings. The fourth-order valence-electron chi connectivity index (χ4n) is 4.60. The van der Waals surface area contributed by atoms with Crippen molar-refractivity contribution in [2.45, 2.75) is 46.2 Å². The molecule has 0 spiro atoms. The Hall–Kier alpha value is -3.37. The van der Waals surface area contributed by atoms with Crippen LogP contribution in [0.25, 0.3) is 10.8 Å². The van der Waals surface area contributed by atoms with E-state index in [1.807, 2.05) is 38.1 Å². The van der Waals surface area contributed by atoms with E-state index in [1.54, 1.807) is 6.20 Å². The number of H-pyrrole nitrogens is 1. The molecule has 0 atom stereocenters. The van der Waals surface area contributed by atoms with E-state index < -0.39 is 0 Å². The summed E-state index contributed by atoms with van der Waals surface area (Å²) in [5.41, 5.74) is 4.01. The maximum absolute atomic E-state index is 12.4. The highest BCUT2D eigenvalue weighted by molar-refractivity contribution is 6.01. The Bertz CT molecular complexity index is 1220. The van der Waals surface area contributed by atoms with Crippen LogP contribution in [0.15, 0.2) is 35.3 Å². The van der Waals surface area contributed by atoms with Crippen LogP contribution in [0.4, 0.5) is 11.5 Å². The average molecular weight is 432 g/mol. The van der Waals surface area contributed by atoms with Crippen molar-refractivity contribution in [3.8, 4) is 6.07 Å². The predicted molar refractivity (Wildman–Crippen MR) is 127 cm³/mol. The summed E-state index contributed by atoms with van der Waals surface area (Å²) < 4.78 is 5.56. The van der Waals surface area contributed by atoms with E-state index in [0.29, 0.717) is 29.5 Å². The van der Waals surface area contributed by atoms with Gasteiger partial charge in [-0.3, -0.25) is 4.79 Å². The highest BCUT2D eigenvalue weighted by Crippen LogP contribution is 2.34. The molecule has 1 saturated heterocycles. The van der Waals surface area contributed by atoms with Gasteiger partial charge in [0.2, 0.25) is 0 Å². The number of nitriles is 1. The van der Waals surface area contributed by atoms with Crippen LogP contribution < -0.4 is 15.8 Å². The number of nitrogens with zero attached hydrogens (tertiary/aromatic N) is 3. The molecule has 1 aliphatic rings. The second kappa shape index (κ2) is 9.41. The predicted octanol–water partition coefficient (Wildman–Crippen LogP) is 4.03. The molecule has 0 bridgehead atoms. The molecular weight excluding hydrogens is 402 g/mol. The third-order valence-corrected chi connectivity index (χ3v) is 6.20. The minimum Gasteiger partial charge on any atom is -0.381 e. The Kier molecular flexibility index (Phi) is 6.42. The number of pyridine rings is 2. The summed E-state index contributed by atoms with van der Waals surface area (Å²) in [6, 6.07) is 10.5. The summed E-state index contributed by atoms with van der Waals surface area (Å²) in [5.74, 6) is 0.670. The van der Waals surface area contributed by atoms with Crippen LogP contribution in [0.2, 0.25) is 0 Å². The van der Waals surface area contributed by atoms with Gasteiger partial charge in [-0.2, -0.15) is 5.26 Å². The van der Waals surface area contributed by atoms with Crippen molar-refractivity contribution in [3.05, 3.63) is 63.2 Å². The smallest absolute Gasteiger partial charge is 0.253 e. The van der Waals surface area contributed by atoms with Gasteiger partial charge in [-0.15, -0.1) is 0 Å². The van der Waals surface area contributed by atoms with E-state index in [1.165, 1.54) is 0 Å². The Labute approximate surface area is 188 Å². The molecule has 0 aliphatic carbocycles. The number of nitrogens with one attached hydrogen (secondary N) is 2. The summed E-state index contributed by atoms with van der Waals surface area (Å²) in [7, 11) is 0. The number of hydrogen-bond acceptors (Lipinski definition) is 6. The number of fused-ring (bicyclic) bond motifs is 1. The molecule has 32 heavy (non-hydrogen) atoms. The van der Waals surface area contributed by atoms with Crippen molar-refractivity contribution in [2.24, 2.45) is 0 Å². The maximum atomic E-state index is 12.4. The fraction of sp³-hybridized carbons (Fsp3) is 0.400. The molecule has 2 N–H and O–H groups in total. The summed E-state index contributed by atoms with van der Waals surface area (Å²) in [6.45, 7) is 8.68.